The zero-order chi connectivity index (χ0) is 21.5. The lowest BCUT2D eigenvalue weighted by molar-refractivity contribution is -0.122. The smallest absolute Gasteiger partial charge is 0.223 e. The summed E-state index contributed by atoms with van der Waals surface area (Å²) in [5.74, 6) is 1.73. The van der Waals surface area contributed by atoms with E-state index in [1.165, 1.54) is 26.8 Å². The van der Waals surface area contributed by atoms with Gasteiger partial charge in [0.25, 0.3) is 0 Å². The van der Waals surface area contributed by atoms with Crippen LogP contribution in [0.15, 0.2) is 42.5 Å². The van der Waals surface area contributed by atoms with Crippen molar-refractivity contribution in [1.82, 2.24) is 14.6 Å². The number of carbonyl (C=O) groups is 1. The third-order valence-electron chi connectivity index (χ3n) is 7.24. The number of hydrogen-bond donors (Lipinski definition) is 1. The maximum Gasteiger partial charge on any atom is 0.223 e. The molecule has 1 saturated heterocycles. The number of anilines is 1. The molecule has 3 aromatic rings. The molecule has 1 N–H and O–H groups in total. The van der Waals surface area contributed by atoms with Crippen LogP contribution in [0.2, 0.25) is 0 Å². The van der Waals surface area contributed by atoms with Gasteiger partial charge in [-0.2, -0.15) is 4.37 Å². The number of carbonyl (C=O) groups excluding carboxylic acids is 1. The number of aromatic nitrogens is 1. The number of hydrogen-bond acceptors (Lipinski definition) is 5. The third-order valence-corrected chi connectivity index (χ3v) is 8.06. The van der Waals surface area contributed by atoms with Crippen LogP contribution in [0.4, 0.5) is 5.82 Å². The average Bonchev–Trinajstić information content (AvgIpc) is 3.47. The van der Waals surface area contributed by atoms with E-state index >= 15 is 0 Å². The molecule has 1 amide bonds. The van der Waals surface area contributed by atoms with Crippen molar-refractivity contribution in [2.45, 2.75) is 38.1 Å². The highest BCUT2D eigenvalue weighted by molar-refractivity contribution is 7.13. The van der Waals surface area contributed by atoms with E-state index in [9.17, 15) is 4.79 Å². The van der Waals surface area contributed by atoms with Crippen molar-refractivity contribution in [3.05, 3.63) is 59.2 Å². The molecule has 1 aliphatic heterocycles. The number of amides is 1. The Balaban J connectivity index is 1.01. The van der Waals surface area contributed by atoms with Crippen LogP contribution >= 0.6 is 11.5 Å². The summed E-state index contributed by atoms with van der Waals surface area (Å²) in [6, 6.07) is 15.8. The van der Waals surface area contributed by atoms with E-state index < -0.39 is 0 Å². The Kier molecular flexibility index (Phi) is 5.35. The zero-order valence-electron chi connectivity index (χ0n) is 18.4. The molecule has 166 valence electrons. The van der Waals surface area contributed by atoms with Gasteiger partial charge in [-0.1, -0.05) is 30.3 Å². The summed E-state index contributed by atoms with van der Waals surface area (Å²) >= 11 is 1.60. The first-order valence-corrected chi connectivity index (χ1v) is 12.7. The predicted octanol–water partition coefficient (Wildman–Crippen LogP) is 3.65. The van der Waals surface area contributed by atoms with Gasteiger partial charge in [0.1, 0.15) is 5.82 Å². The van der Waals surface area contributed by atoms with Gasteiger partial charge in [-0.05, 0) is 72.5 Å². The molecule has 0 radical (unpaired) electrons. The molecule has 1 atom stereocenters. The molecule has 2 aliphatic carbocycles. The lowest BCUT2D eigenvalue weighted by Gasteiger charge is -2.35. The van der Waals surface area contributed by atoms with Crippen molar-refractivity contribution < 1.29 is 4.79 Å². The fourth-order valence-electron chi connectivity index (χ4n) is 5.16. The van der Waals surface area contributed by atoms with Crippen molar-refractivity contribution in [3.63, 3.8) is 0 Å². The number of fused-ring (bicyclic) bond motifs is 2. The van der Waals surface area contributed by atoms with Crippen LogP contribution in [0.1, 0.15) is 29.5 Å². The number of benzene rings is 2. The molecule has 3 aliphatic rings. The summed E-state index contributed by atoms with van der Waals surface area (Å²) in [4.78, 5) is 17.1. The zero-order valence-corrected chi connectivity index (χ0v) is 19.2. The SMILES string of the molecule is O=C(N[C@H]1Cc2ccc(CCN3CCN(c4nsc5ccccc45)CC3)cc2C1)C1CC1. The van der Waals surface area contributed by atoms with E-state index in [-0.39, 0.29) is 5.91 Å². The molecular formula is C26H30N4OS. The topological polar surface area (TPSA) is 48.5 Å². The molecule has 2 heterocycles. The Hall–Kier alpha value is -2.44. The van der Waals surface area contributed by atoms with Crippen LogP contribution in [-0.2, 0) is 24.1 Å². The van der Waals surface area contributed by atoms with Gasteiger partial charge >= 0.3 is 0 Å². The highest BCUT2D eigenvalue weighted by Gasteiger charge is 2.32. The average molecular weight is 447 g/mol. The van der Waals surface area contributed by atoms with Crippen molar-refractivity contribution >= 4 is 33.3 Å². The van der Waals surface area contributed by atoms with Crippen LogP contribution in [-0.4, -0.2) is 53.9 Å². The van der Waals surface area contributed by atoms with E-state index in [0.717, 1.165) is 70.6 Å². The number of nitrogens with one attached hydrogen (secondary N) is 1. The minimum atomic E-state index is 0.271. The summed E-state index contributed by atoms with van der Waals surface area (Å²) in [5.41, 5.74) is 4.27. The Morgan fingerprint density at radius 1 is 1.03 bits per heavy atom. The first-order valence-electron chi connectivity index (χ1n) is 12.0. The van der Waals surface area contributed by atoms with Gasteiger partial charge in [0.15, 0.2) is 0 Å². The highest BCUT2D eigenvalue weighted by Crippen LogP contribution is 2.31. The summed E-state index contributed by atoms with van der Waals surface area (Å²) in [7, 11) is 0. The van der Waals surface area contributed by atoms with E-state index in [2.05, 4.69) is 57.6 Å². The first kappa shape index (κ1) is 20.2. The molecule has 6 rings (SSSR count). The van der Waals surface area contributed by atoms with Crippen LogP contribution < -0.4 is 10.2 Å². The number of piperazine rings is 1. The number of nitrogens with zero attached hydrogens (tertiary/aromatic N) is 3. The molecule has 5 nitrogen and oxygen atoms in total. The van der Waals surface area contributed by atoms with Gasteiger partial charge in [0, 0.05) is 50.1 Å². The molecule has 0 bridgehead atoms. The minimum Gasteiger partial charge on any atom is -0.353 e. The van der Waals surface area contributed by atoms with Crippen LogP contribution in [0, 0.1) is 5.92 Å². The van der Waals surface area contributed by atoms with Crippen LogP contribution in [0.5, 0.6) is 0 Å². The first-order chi connectivity index (χ1) is 15.7. The van der Waals surface area contributed by atoms with Crippen molar-refractivity contribution in [2.24, 2.45) is 5.92 Å². The van der Waals surface area contributed by atoms with Gasteiger partial charge < -0.3 is 10.2 Å². The maximum atomic E-state index is 12.1. The highest BCUT2D eigenvalue weighted by atomic mass is 32.1. The van der Waals surface area contributed by atoms with Gasteiger partial charge in [-0.15, -0.1) is 0 Å². The number of rotatable bonds is 6. The maximum absolute atomic E-state index is 12.1. The lowest BCUT2D eigenvalue weighted by Crippen LogP contribution is -2.47. The third kappa shape index (κ3) is 4.14. The predicted molar refractivity (Wildman–Crippen MR) is 130 cm³/mol. The second-order valence-electron chi connectivity index (χ2n) is 9.57. The fraction of sp³-hybridized carbons (Fsp3) is 0.462. The van der Waals surface area contributed by atoms with Gasteiger partial charge in [-0.3, -0.25) is 9.69 Å². The Morgan fingerprint density at radius 3 is 2.69 bits per heavy atom. The molecular weight excluding hydrogens is 416 g/mol. The molecule has 1 saturated carbocycles. The summed E-state index contributed by atoms with van der Waals surface area (Å²) < 4.78 is 6.00. The van der Waals surface area contributed by atoms with Crippen molar-refractivity contribution in [3.8, 4) is 0 Å². The normalized spacial score (nSPS) is 21.1. The molecule has 2 aromatic carbocycles. The molecule has 2 fully saturated rings. The largest absolute Gasteiger partial charge is 0.353 e. The summed E-state index contributed by atoms with van der Waals surface area (Å²) in [6.07, 6.45) is 5.21. The standard InChI is InChI=1S/C26H30N4OS/c31-26(19-7-8-19)27-22-16-20-6-5-18(15-21(20)17-22)9-10-29-11-13-30(14-12-29)25-23-3-1-2-4-24(23)32-28-25/h1-6,15,19,22H,7-14,16-17H2,(H,27,31)/t22-/m0/s1. The Morgan fingerprint density at radius 2 is 1.84 bits per heavy atom. The second kappa shape index (κ2) is 8.49. The summed E-state index contributed by atoms with van der Waals surface area (Å²) in [6.45, 7) is 5.37. The van der Waals surface area contributed by atoms with Gasteiger partial charge in [-0.25, -0.2) is 0 Å². The Bertz CT molecular complexity index is 1130. The lowest BCUT2D eigenvalue weighted by atomic mass is 10.0. The van der Waals surface area contributed by atoms with Gasteiger partial charge in [0.2, 0.25) is 5.91 Å². The monoisotopic (exact) mass is 446 g/mol. The second-order valence-corrected chi connectivity index (χ2v) is 10.4. The van der Waals surface area contributed by atoms with E-state index in [0.29, 0.717) is 12.0 Å². The quantitative estimate of drug-likeness (QED) is 0.628. The molecule has 0 spiro atoms. The molecule has 32 heavy (non-hydrogen) atoms. The Labute approximate surface area is 193 Å². The van der Waals surface area contributed by atoms with E-state index in [1.54, 1.807) is 11.5 Å². The van der Waals surface area contributed by atoms with Crippen LogP contribution in [0.3, 0.4) is 0 Å². The van der Waals surface area contributed by atoms with Gasteiger partial charge in [0.05, 0.1) is 4.70 Å². The van der Waals surface area contributed by atoms with E-state index in [4.69, 9.17) is 4.37 Å². The summed E-state index contributed by atoms with van der Waals surface area (Å²) in [5, 5.41) is 4.55. The molecule has 0 unspecified atom stereocenters. The van der Waals surface area contributed by atoms with Crippen LogP contribution in [0.25, 0.3) is 10.1 Å². The fourth-order valence-corrected chi connectivity index (χ4v) is 5.96. The molecule has 1 aromatic heterocycles. The minimum absolute atomic E-state index is 0.271. The van der Waals surface area contributed by atoms with Crippen molar-refractivity contribution in [1.29, 1.82) is 0 Å². The molecule has 6 heteroatoms. The van der Waals surface area contributed by atoms with Crippen molar-refractivity contribution in [2.75, 3.05) is 37.6 Å². The van der Waals surface area contributed by atoms with E-state index in [1.807, 2.05) is 0 Å².